The van der Waals surface area contributed by atoms with Crippen LogP contribution in [0.1, 0.15) is 67.5 Å². The number of carbonyl (C=O) groups excluding carboxylic acids is 1. The van der Waals surface area contributed by atoms with E-state index in [2.05, 4.69) is 52.1 Å². The van der Waals surface area contributed by atoms with Crippen LogP contribution in [0.15, 0.2) is 36.4 Å². The Hall–Kier alpha value is -2.29. The molecule has 1 N–H and O–H groups in total. The van der Waals surface area contributed by atoms with Gasteiger partial charge in [0.05, 0.1) is 6.04 Å². The molecule has 2 aromatic rings. The lowest BCUT2D eigenvalue weighted by molar-refractivity contribution is -0.127. The van der Waals surface area contributed by atoms with Crippen LogP contribution < -0.4 is 10.1 Å². The van der Waals surface area contributed by atoms with Crippen molar-refractivity contribution in [2.75, 3.05) is 0 Å². The van der Waals surface area contributed by atoms with Gasteiger partial charge in [-0.15, -0.1) is 0 Å². The zero-order chi connectivity index (χ0) is 19.4. The maximum atomic E-state index is 12.6. The number of ether oxygens (including phenoxy) is 1. The number of hydrogen-bond donors (Lipinski definition) is 1. The van der Waals surface area contributed by atoms with Gasteiger partial charge in [-0.2, -0.15) is 0 Å². The molecule has 1 amide bonds. The van der Waals surface area contributed by atoms with Crippen LogP contribution in [0.2, 0.25) is 0 Å². The lowest BCUT2D eigenvalue weighted by Gasteiger charge is -2.22. The number of nitrogens with one attached hydrogen (secondary N) is 1. The summed E-state index contributed by atoms with van der Waals surface area (Å²) in [5, 5.41) is 3.09. The number of benzene rings is 2. The van der Waals surface area contributed by atoms with Gasteiger partial charge in [0, 0.05) is 0 Å². The third kappa shape index (κ3) is 4.66. The summed E-state index contributed by atoms with van der Waals surface area (Å²) in [6.45, 7) is 14.4. The van der Waals surface area contributed by atoms with E-state index in [0.717, 1.165) is 16.9 Å². The van der Waals surface area contributed by atoms with Crippen LogP contribution in [-0.2, 0) is 4.79 Å². The van der Waals surface area contributed by atoms with Gasteiger partial charge in [0.25, 0.3) is 5.91 Å². The number of aryl methyl sites for hydroxylation is 3. The highest BCUT2D eigenvalue weighted by atomic mass is 16.5. The molecule has 0 spiro atoms. The zero-order valence-electron chi connectivity index (χ0n) is 17.0. The minimum Gasteiger partial charge on any atom is -0.481 e. The largest absolute Gasteiger partial charge is 0.481 e. The van der Waals surface area contributed by atoms with Gasteiger partial charge in [-0.25, -0.2) is 0 Å². The Kier molecular flexibility index (Phi) is 6.47. The van der Waals surface area contributed by atoms with E-state index in [-0.39, 0.29) is 11.9 Å². The van der Waals surface area contributed by atoms with E-state index in [0.29, 0.717) is 5.92 Å². The fourth-order valence-corrected chi connectivity index (χ4v) is 3.17. The lowest BCUT2D eigenvalue weighted by Crippen LogP contribution is -2.38. The van der Waals surface area contributed by atoms with E-state index >= 15 is 0 Å². The molecular weight excluding hydrogens is 322 g/mol. The molecule has 140 valence electrons. The molecular formula is C23H31NO2. The molecule has 26 heavy (non-hydrogen) atoms. The van der Waals surface area contributed by atoms with Crippen molar-refractivity contribution in [3.05, 3.63) is 64.2 Å². The Morgan fingerprint density at radius 1 is 0.885 bits per heavy atom. The van der Waals surface area contributed by atoms with Gasteiger partial charge in [-0.3, -0.25) is 4.79 Å². The summed E-state index contributed by atoms with van der Waals surface area (Å²) in [5.41, 5.74) is 5.97. The lowest BCUT2D eigenvalue weighted by atomic mass is 9.96. The molecule has 0 aliphatic rings. The van der Waals surface area contributed by atoms with Crippen molar-refractivity contribution in [1.82, 2.24) is 5.32 Å². The van der Waals surface area contributed by atoms with Crippen molar-refractivity contribution in [3.63, 3.8) is 0 Å². The van der Waals surface area contributed by atoms with Gasteiger partial charge in [-0.05, 0) is 74.4 Å². The Morgan fingerprint density at radius 2 is 1.50 bits per heavy atom. The van der Waals surface area contributed by atoms with Crippen LogP contribution in [0, 0.1) is 20.8 Å². The van der Waals surface area contributed by atoms with Crippen molar-refractivity contribution in [2.45, 2.75) is 66.5 Å². The van der Waals surface area contributed by atoms with Gasteiger partial charge in [0.2, 0.25) is 0 Å². The highest BCUT2D eigenvalue weighted by molar-refractivity contribution is 5.81. The number of carbonyl (C=O) groups is 1. The monoisotopic (exact) mass is 353 g/mol. The molecule has 0 aromatic heterocycles. The molecule has 0 aliphatic heterocycles. The number of rotatable bonds is 6. The van der Waals surface area contributed by atoms with Crippen LogP contribution in [0.5, 0.6) is 5.75 Å². The minimum atomic E-state index is -0.552. The average Bonchev–Trinajstić information content (AvgIpc) is 2.58. The van der Waals surface area contributed by atoms with Gasteiger partial charge >= 0.3 is 0 Å². The van der Waals surface area contributed by atoms with Crippen molar-refractivity contribution in [2.24, 2.45) is 0 Å². The molecule has 0 saturated carbocycles. The predicted molar refractivity (Wildman–Crippen MR) is 108 cm³/mol. The summed E-state index contributed by atoms with van der Waals surface area (Å²) in [5.74, 6) is 1.02. The van der Waals surface area contributed by atoms with Crippen molar-refractivity contribution in [3.8, 4) is 5.75 Å². The molecule has 2 aromatic carbocycles. The van der Waals surface area contributed by atoms with E-state index in [1.807, 2.05) is 31.2 Å². The quantitative estimate of drug-likeness (QED) is 0.757. The third-order valence-electron chi connectivity index (χ3n) is 4.92. The van der Waals surface area contributed by atoms with Crippen molar-refractivity contribution >= 4 is 5.91 Å². The second kappa shape index (κ2) is 8.39. The predicted octanol–water partition coefficient (Wildman–Crippen LogP) is 5.38. The van der Waals surface area contributed by atoms with E-state index in [9.17, 15) is 4.79 Å². The molecule has 0 fully saturated rings. The molecule has 0 radical (unpaired) electrons. The van der Waals surface area contributed by atoms with E-state index in [4.69, 9.17) is 4.74 Å². The Bertz CT molecular complexity index is 780. The smallest absolute Gasteiger partial charge is 0.261 e. The Morgan fingerprint density at radius 3 is 2.15 bits per heavy atom. The maximum Gasteiger partial charge on any atom is 0.261 e. The van der Waals surface area contributed by atoms with Crippen LogP contribution >= 0.6 is 0 Å². The molecule has 0 bridgehead atoms. The molecule has 3 nitrogen and oxygen atoms in total. The van der Waals surface area contributed by atoms with Gasteiger partial charge in [-0.1, -0.05) is 44.2 Å². The van der Waals surface area contributed by atoms with Crippen LogP contribution in [0.4, 0.5) is 0 Å². The molecule has 0 saturated heterocycles. The third-order valence-corrected chi connectivity index (χ3v) is 4.92. The molecule has 2 atom stereocenters. The first-order chi connectivity index (χ1) is 12.2. The first kappa shape index (κ1) is 20.0. The van der Waals surface area contributed by atoms with Gasteiger partial charge in [0.15, 0.2) is 6.10 Å². The topological polar surface area (TPSA) is 38.3 Å². The first-order valence-corrected chi connectivity index (χ1v) is 9.34. The minimum absolute atomic E-state index is 0.0619. The standard InChI is InChI=1S/C23H31NO2/c1-14(2)20-10-8-9-11-22(20)26-19(7)23(25)24-18(6)21-13-16(4)15(3)12-17(21)5/h8-14,18-19H,1-7H3,(H,24,25)/t18-,19+/m1/s1. The molecule has 0 unspecified atom stereocenters. The van der Waals surface area contributed by atoms with Crippen LogP contribution in [0.25, 0.3) is 0 Å². The van der Waals surface area contributed by atoms with Crippen molar-refractivity contribution < 1.29 is 9.53 Å². The summed E-state index contributed by atoms with van der Waals surface area (Å²) >= 11 is 0. The van der Waals surface area contributed by atoms with Gasteiger partial charge < -0.3 is 10.1 Å². The second-order valence-corrected chi connectivity index (χ2v) is 7.48. The molecule has 3 heteroatoms. The fraction of sp³-hybridized carbons (Fsp3) is 0.435. The number of para-hydroxylation sites is 1. The van der Waals surface area contributed by atoms with E-state index < -0.39 is 6.10 Å². The summed E-state index contributed by atoms with van der Waals surface area (Å²) in [4.78, 5) is 12.6. The SMILES string of the molecule is Cc1cc(C)c([C@@H](C)NC(=O)[C@H](C)Oc2ccccc2C(C)C)cc1C. The summed E-state index contributed by atoms with van der Waals surface area (Å²) in [6.07, 6.45) is -0.552. The highest BCUT2D eigenvalue weighted by Gasteiger charge is 2.20. The molecule has 2 rings (SSSR count). The Labute approximate surface area is 157 Å². The highest BCUT2D eigenvalue weighted by Crippen LogP contribution is 2.27. The maximum absolute atomic E-state index is 12.6. The van der Waals surface area contributed by atoms with Crippen LogP contribution in [-0.4, -0.2) is 12.0 Å². The summed E-state index contributed by atoms with van der Waals surface area (Å²) in [6, 6.07) is 12.2. The van der Waals surface area contributed by atoms with Gasteiger partial charge in [0.1, 0.15) is 5.75 Å². The van der Waals surface area contributed by atoms with Crippen LogP contribution in [0.3, 0.4) is 0 Å². The van der Waals surface area contributed by atoms with Crippen molar-refractivity contribution in [1.29, 1.82) is 0 Å². The average molecular weight is 354 g/mol. The van der Waals surface area contributed by atoms with E-state index in [1.54, 1.807) is 6.92 Å². The Balaban J connectivity index is 2.09. The number of amides is 1. The summed E-state index contributed by atoms with van der Waals surface area (Å²) in [7, 11) is 0. The summed E-state index contributed by atoms with van der Waals surface area (Å²) < 4.78 is 5.97. The first-order valence-electron chi connectivity index (χ1n) is 9.34. The normalized spacial score (nSPS) is 13.4. The molecule has 0 heterocycles. The second-order valence-electron chi connectivity index (χ2n) is 7.48. The fourth-order valence-electron chi connectivity index (χ4n) is 3.17. The molecule has 0 aliphatic carbocycles. The number of hydrogen-bond acceptors (Lipinski definition) is 2. The van der Waals surface area contributed by atoms with E-state index in [1.165, 1.54) is 16.7 Å². The zero-order valence-corrected chi connectivity index (χ0v) is 17.0.